The molecule has 38 nitrogen and oxygen atoms in total. The lowest BCUT2D eigenvalue weighted by Crippen LogP contribution is -2.61. The molecule has 0 aliphatic carbocycles. The van der Waals surface area contributed by atoms with Gasteiger partial charge < -0.3 is 107 Å². The van der Waals surface area contributed by atoms with Gasteiger partial charge in [-0.05, 0) is 62.5 Å². The molecule has 2 heterocycles. The summed E-state index contributed by atoms with van der Waals surface area (Å²) in [5.74, 6) is -17.5. The number of primary amides is 2. The Morgan fingerprint density at radius 3 is 1.56 bits per heavy atom. The van der Waals surface area contributed by atoms with Gasteiger partial charge in [0.25, 0.3) is 0 Å². The highest BCUT2D eigenvalue weighted by Gasteiger charge is 2.38. The van der Waals surface area contributed by atoms with Crippen LogP contribution in [0.15, 0.2) is 48.0 Å². The van der Waals surface area contributed by atoms with Crippen molar-refractivity contribution in [2.45, 2.75) is 193 Å². The van der Waals surface area contributed by atoms with Crippen molar-refractivity contribution in [3.63, 3.8) is 0 Å². The summed E-state index contributed by atoms with van der Waals surface area (Å²) in [7, 11) is 0. The number of hydrogen-bond donors (Lipinski definition) is 22. The Balaban J connectivity index is 1.85. The van der Waals surface area contributed by atoms with E-state index in [1.54, 1.807) is 65.8 Å². The number of aliphatic imine (C=N–C) groups is 1. The van der Waals surface area contributed by atoms with Crippen LogP contribution in [-0.4, -0.2) is 218 Å². The molecule has 0 bridgehead atoms. The summed E-state index contributed by atoms with van der Waals surface area (Å²) in [6.45, 7) is 13.0. The fraction of sp³-hybridized carbons (Fsp3) is 0.569. The first kappa shape index (κ1) is 88.7. The molecule has 0 fully saturated rings. The van der Waals surface area contributed by atoms with Crippen molar-refractivity contribution in [3.05, 3.63) is 54.2 Å². The highest BCUT2D eigenvalue weighted by atomic mass is 32.1. The van der Waals surface area contributed by atoms with E-state index in [4.69, 9.17) is 22.9 Å². The number of carbonyl (C=O) groups excluding carboxylic acids is 15. The minimum atomic E-state index is -2.02. The molecule has 0 radical (unpaired) electrons. The van der Waals surface area contributed by atoms with Gasteiger partial charge in [0.15, 0.2) is 5.96 Å². The number of aliphatic carboxylic acids is 1. The number of para-hydroxylation sites is 1. The van der Waals surface area contributed by atoms with Crippen LogP contribution in [-0.2, 0) is 89.6 Å². The van der Waals surface area contributed by atoms with Crippen LogP contribution >= 0.6 is 25.3 Å². The molecule has 3 rings (SSSR count). The van der Waals surface area contributed by atoms with Crippen LogP contribution in [0.2, 0.25) is 0 Å². The molecule has 0 unspecified atom stereocenters. The fourth-order valence-corrected chi connectivity index (χ4v) is 10.8. The van der Waals surface area contributed by atoms with Gasteiger partial charge in [-0.2, -0.15) is 25.3 Å². The SMILES string of the molecule is CC[C@H](C)[C@H](NC(=O)[C@H](CS)NC(=O)[C@H](CCCN=C(N)N)NC(=O)[C@H](Cc1cnc[nH]1)NC(=O)[C@H](C)NC(=O)CNC(=O)[C@H](Cc1c[nH]c2ccccc12)NC(=O)[C@H](CC(=O)O)NC(=O)[C@H](CCC(N)=O)NC(=O)[C@H](C)NC(=O)[C@@H](NC(=O)[C@H](CS)NC(=O)[C@@H](NC(C)=O)[C@@H](C)CC)C(C)C)C(N)=O. The Bertz CT molecular complexity index is 3570. The Morgan fingerprint density at radius 2 is 1.02 bits per heavy atom. The van der Waals surface area contributed by atoms with E-state index < -0.39 is 199 Å². The molecule has 105 heavy (non-hydrogen) atoms. The topological polar surface area (TPSA) is 611 Å². The van der Waals surface area contributed by atoms with E-state index in [1.807, 2.05) is 0 Å². The summed E-state index contributed by atoms with van der Waals surface area (Å²) in [6, 6.07) is -10.5. The average molecular weight is 1510 g/mol. The van der Waals surface area contributed by atoms with E-state index >= 15 is 0 Å². The zero-order valence-corrected chi connectivity index (χ0v) is 61.8. The number of aromatic amines is 2. The van der Waals surface area contributed by atoms with E-state index in [-0.39, 0.29) is 61.5 Å². The van der Waals surface area contributed by atoms with Crippen molar-refractivity contribution in [1.82, 2.24) is 84.1 Å². The van der Waals surface area contributed by atoms with Gasteiger partial charge in [0.1, 0.15) is 72.5 Å². The molecule has 1 aromatic carbocycles. The normalized spacial score (nSPS) is 15.1. The molecule has 2 aromatic heterocycles. The van der Waals surface area contributed by atoms with Crippen molar-refractivity contribution >= 4 is 137 Å². The van der Waals surface area contributed by atoms with Crippen LogP contribution in [0, 0.1) is 17.8 Å². The number of nitrogens with one attached hydrogen (secondary N) is 15. The van der Waals surface area contributed by atoms with Crippen molar-refractivity contribution in [2.75, 3.05) is 24.6 Å². The quantitative estimate of drug-likeness (QED) is 0.0109. The lowest BCUT2D eigenvalue weighted by molar-refractivity contribution is -0.141. The molecule has 0 saturated carbocycles. The van der Waals surface area contributed by atoms with E-state index in [1.165, 1.54) is 39.5 Å². The lowest BCUT2D eigenvalue weighted by atomic mass is 9.98. The number of hydrogen-bond acceptors (Lipinski definition) is 20. The van der Waals surface area contributed by atoms with Crippen LogP contribution in [0.25, 0.3) is 10.9 Å². The second kappa shape index (κ2) is 44.2. The average Bonchev–Trinajstić information content (AvgIpc) is 1.70. The maximum Gasteiger partial charge on any atom is 0.305 e. The summed E-state index contributed by atoms with van der Waals surface area (Å²) in [5.41, 5.74) is 23.3. The number of H-pyrrole nitrogens is 2. The monoisotopic (exact) mass is 1510 g/mol. The first-order valence-electron chi connectivity index (χ1n) is 33.9. The number of aromatic nitrogens is 3. The number of carboxylic acid groups (broad SMARTS) is 1. The van der Waals surface area contributed by atoms with Gasteiger partial charge in [-0.3, -0.25) is 81.7 Å². The minimum absolute atomic E-state index is 0.00861. The number of thiol groups is 2. The Hall–Kier alpha value is -10.5. The molecule has 40 heteroatoms. The molecule has 24 N–H and O–H groups in total. The Labute approximate surface area is 617 Å². The van der Waals surface area contributed by atoms with Crippen LogP contribution < -0.4 is 92.1 Å². The first-order valence-corrected chi connectivity index (χ1v) is 35.2. The summed E-state index contributed by atoms with van der Waals surface area (Å²) >= 11 is 8.43. The third kappa shape index (κ3) is 30.0. The molecule has 0 aliphatic heterocycles. The standard InChI is InChI=1S/C65H101N21O17S2/c1-10-31(5)51(53(67)92)86-62(101)45(27-104)83-57(96)40(17-14-20-71-65(68)69)79-59(98)43(22-37-25-70-29-74-37)80-54(93)33(7)75-48(89)26-73-56(95)42(21-36-24-72-39-16-13-12-15-38(36)39)81-60(99)44(23-49(90)91)82-58(97)41(18-19-47(66)88)78-55(94)34(8)76-63(102)50(30(3)4)85-61(100)46(28-105)84-64(103)52(32(6)11-2)77-35(9)87/h12-13,15-16,24-25,29-34,40-46,50-52,72,104-105H,10-11,14,17-23,26-28H2,1-9H3,(H2,66,88)(H2,67,92)(H,70,74)(H,73,95)(H,75,89)(H,76,102)(H,77,87)(H,78,94)(H,79,98)(H,80,93)(H,81,99)(H,82,97)(H,83,96)(H,84,103)(H,85,100)(H,86,101)(H,90,91)(H4,68,69,71)/t31-,32-,33-,34-,40-,41-,42-,43-,44-,45-,46-,50-,51-,52-/m0/s1. The molecule has 3 aromatic rings. The second-order valence-corrected chi connectivity index (χ2v) is 26.2. The van der Waals surface area contributed by atoms with Gasteiger partial charge in [-0.25, -0.2) is 4.98 Å². The van der Waals surface area contributed by atoms with Gasteiger partial charge in [-0.15, -0.1) is 0 Å². The number of nitrogens with zero attached hydrogens (tertiary/aromatic N) is 2. The van der Waals surface area contributed by atoms with Crippen molar-refractivity contribution < 1.29 is 81.8 Å². The molecule has 14 atom stereocenters. The number of benzene rings is 1. The van der Waals surface area contributed by atoms with Crippen LogP contribution in [0.3, 0.4) is 0 Å². The van der Waals surface area contributed by atoms with Crippen molar-refractivity contribution in [3.8, 4) is 0 Å². The largest absolute Gasteiger partial charge is 0.481 e. The van der Waals surface area contributed by atoms with Crippen LogP contribution in [0.4, 0.5) is 0 Å². The molecular weight excluding hydrogens is 1410 g/mol. The highest BCUT2D eigenvalue weighted by molar-refractivity contribution is 7.80. The van der Waals surface area contributed by atoms with Gasteiger partial charge in [0.05, 0.1) is 19.3 Å². The molecule has 0 saturated heterocycles. The lowest BCUT2D eigenvalue weighted by Gasteiger charge is -2.28. The number of carboxylic acids is 1. The maximum absolute atomic E-state index is 14.3. The molecule has 0 aliphatic rings. The van der Waals surface area contributed by atoms with Crippen LogP contribution in [0.5, 0.6) is 0 Å². The van der Waals surface area contributed by atoms with E-state index in [2.05, 4.69) is 114 Å². The number of amides is 15. The van der Waals surface area contributed by atoms with Crippen molar-refractivity contribution in [2.24, 2.45) is 45.7 Å². The Morgan fingerprint density at radius 1 is 0.533 bits per heavy atom. The Kier molecular flexibility index (Phi) is 37.3. The van der Waals surface area contributed by atoms with Gasteiger partial charge in [0.2, 0.25) is 88.6 Å². The predicted octanol–water partition coefficient (Wildman–Crippen LogP) is -5.44. The number of guanidine groups is 1. The number of fused-ring (bicyclic) bond motifs is 1. The predicted molar refractivity (Wildman–Crippen MR) is 389 cm³/mol. The zero-order chi connectivity index (χ0) is 78.9. The van der Waals surface area contributed by atoms with Gasteiger partial charge in [-0.1, -0.05) is 72.6 Å². The molecular formula is C65H101N21O17S2. The number of nitrogens with two attached hydrogens (primary N) is 4. The van der Waals surface area contributed by atoms with Crippen molar-refractivity contribution in [1.29, 1.82) is 0 Å². The van der Waals surface area contributed by atoms with E-state index in [9.17, 15) is 81.8 Å². The maximum atomic E-state index is 14.3. The summed E-state index contributed by atoms with van der Waals surface area (Å²) < 4.78 is 0. The summed E-state index contributed by atoms with van der Waals surface area (Å²) in [4.78, 5) is 229. The number of rotatable bonds is 46. The highest BCUT2D eigenvalue weighted by Crippen LogP contribution is 2.20. The van der Waals surface area contributed by atoms with Gasteiger partial charge in [0, 0.05) is 73.2 Å². The summed E-state index contributed by atoms with van der Waals surface area (Å²) in [6.07, 6.45) is 2.36. The number of imidazole rings is 1. The zero-order valence-electron chi connectivity index (χ0n) is 60.0. The second-order valence-electron chi connectivity index (χ2n) is 25.5. The van der Waals surface area contributed by atoms with Crippen LogP contribution in [0.1, 0.15) is 119 Å². The van der Waals surface area contributed by atoms with Gasteiger partial charge >= 0.3 is 5.97 Å². The summed E-state index contributed by atoms with van der Waals surface area (Å²) in [5, 5.41) is 42.7. The third-order valence-electron chi connectivity index (χ3n) is 16.7. The minimum Gasteiger partial charge on any atom is -0.481 e. The smallest absolute Gasteiger partial charge is 0.305 e. The van der Waals surface area contributed by atoms with E-state index in [0.717, 1.165) is 0 Å². The van der Waals surface area contributed by atoms with E-state index in [0.29, 0.717) is 35.0 Å². The molecule has 580 valence electrons. The fourth-order valence-electron chi connectivity index (χ4n) is 10.3. The third-order valence-corrected chi connectivity index (χ3v) is 17.5. The molecule has 15 amide bonds. The first-order chi connectivity index (χ1) is 49.4. The number of carbonyl (C=O) groups is 16. The molecule has 0 spiro atoms.